The number of carbonyl (C=O) groups is 1. The van der Waals surface area contributed by atoms with Crippen LogP contribution in [0.5, 0.6) is 11.5 Å². The van der Waals surface area contributed by atoms with E-state index in [1.807, 2.05) is 55.5 Å². The largest absolute Gasteiger partial charge is 0.494 e. The van der Waals surface area contributed by atoms with Crippen LogP contribution in [0.15, 0.2) is 73.1 Å². The van der Waals surface area contributed by atoms with Gasteiger partial charge in [0.25, 0.3) is 5.91 Å². The van der Waals surface area contributed by atoms with Crippen molar-refractivity contribution in [3.05, 3.63) is 84.2 Å². The van der Waals surface area contributed by atoms with Crippen molar-refractivity contribution in [2.24, 2.45) is 0 Å². The summed E-state index contributed by atoms with van der Waals surface area (Å²) in [6.45, 7) is 2.50. The summed E-state index contributed by atoms with van der Waals surface area (Å²) in [6.07, 6.45) is 4.40. The predicted molar refractivity (Wildman–Crippen MR) is 105 cm³/mol. The molecule has 0 radical (unpaired) electrons. The molecule has 3 rings (SSSR count). The molecule has 0 aliphatic carbocycles. The maximum Gasteiger partial charge on any atom is 0.262 e. The SMILES string of the molecule is CCOc1ccc(OCC(=O)Nc2ccc(Cc3ccncc3)cc2)cc1. The average molecular weight is 362 g/mol. The minimum absolute atomic E-state index is 0.0489. The number of pyridine rings is 1. The van der Waals surface area contributed by atoms with E-state index in [0.29, 0.717) is 12.4 Å². The minimum Gasteiger partial charge on any atom is -0.494 e. The second-order valence-electron chi connectivity index (χ2n) is 5.97. The number of amides is 1. The summed E-state index contributed by atoms with van der Waals surface area (Å²) < 4.78 is 10.9. The van der Waals surface area contributed by atoms with Crippen LogP contribution >= 0.6 is 0 Å². The van der Waals surface area contributed by atoms with Gasteiger partial charge in [0, 0.05) is 18.1 Å². The first-order valence-corrected chi connectivity index (χ1v) is 8.86. The Morgan fingerprint density at radius 2 is 1.44 bits per heavy atom. The zero-order valence-corrected chi connectivity index (χ0v) is 15.2. The zero-order valence-electron chi connectivity index (χ0n) is 15.2. The van der Waals surface area contributed by atoms with Crippen molar-refractivity contribution < 1.29 is 14.3 Å². The predicted octanol–water partition coefficient (Wildman–Crippen LogP) is 4.09. The van der Waals surface area contributed by atoms with Gasteiger partial charge in [-0.15, -0.1) is 0 Å². The fourth-order valence-electron chi connectivity index (χ4n) is 2.59. The van der Waals surface area contributed by atoms with E-state index in [2.05, 4.69) is 10.3 Å². The molecule has 0 saturated heterocycles. The quantitative estimate of drug-likeness (QED) is 0.656. The van der Waals surface area contributed by atoms with E-state index >= 15 is 0 Å². The topological polar surface area (TPSA) is 60.5 Å². The van der Waals surface area contributed by atoms with Gasteiger partial charge in [0.1, 0.15) is 11.5 Å². The third kappa shape index (κ3) is 5.85. The molecule has 1 aromatic heterocycles. The monoisotopic (exact) mass is 362 g/mol. The lowest BCUT2D eigenvalue weighted by molar-refractivity contribution is -0.118. The number of anilines is 1. The number of rotatable bonds is 8. The van der Waals surface area contributed by atoms with E-state index in [1.165, 1.54) is 11.1 Å². The summed E-state index contributed by atoms with van der Waals surface area (Å²) in [7, 11) is 0. The van der Waals surface area contributed by atoms with Crippen molar-refractivity contribution >= 4 is 11.6 Å². The van der Waals surface area contributed by atoms with Crippen LogP contribution in [0.2, 0.25) is 0 Å². The second-order valence-corrected chi connectivity index (χ2v) is 5.97. The van der Waals surface area contributed by atoms with Gasteiger partial charge in [-0.2, -0.15) is 0 Å². The zero-order chi connectivity index (χ0) is 18.9. The van der Waals surface area contributed by atoms with Gasteiger partial charge in [0.15, 0.2) is 6.61 Å². The average Bonchev–Trinajstić information content (AvgIpc) is 2.70. The molecular formula is C22H22N2O3. The van der Waals surface area contributed by atoms with Crippen LogP contribution < -0.4 is 14.8 Å². The molecule has 0 fully saturated rings. The van der Waals surface area contributed by atoms with Crippen LogP contribution in [0.1, 0.15) is 18.1 Å². The van der Waals surface area contributed by atoms with Gasteiger partial charge in [-0.3, -0.25) is 9.78 Å². The van der Waals surface area contributed by atoms with Gasteiger partial charge < -0.3 is 14.8 Å². The van der Waals surface area contributed by atoms with Crippen molar-refractivity contribution in [1.82, 2.24) is 4.98 Å². The Hall–Kier alpha value is -3.34. The van der Waals surface area contributed by atoms with Gasteiger partial charge in [0.2, 0.25) is 0 Å². The lowest BCUT2D eigenvalue weighted by Gasteiger charge is -2.09. The molecule has 0 atom stereocenters. The summed E-state index contributed by atoms with van der Waals surface area (Å²) in [4.78, 5) is 16.1. The normalized spacial score (nSPS) is 10.3. The number of nitrogens with zero attached hydrogens (tertiary/aromatic N) is 1. The van der Waals surface area contributed by atoms with Crippen LogP contribution in [0.25, 0.3) is 0 Å². The summed E-state index contributed by atoms with van der Waals surface area (Å²) >= 11 is 0. The molecular weight excluding hydrogens is 340 g/mol. The number of aromatic nitrogens is 1. The lowest BCUT2D eigenvalue weighted by Crippen LogP contribution is -2.20. The Balaban J connectivity index is 1.47. The molecule has 0 aliphatic heterocycles. The molecule has 138 valence electrons. The maximum atomic E-state index is 12.1. The molecule has 5 nitrogen and oxygen atoms in total. The Morgan fingerprint density at radius 1 is 0.852 bits per heavy atom. The number of benzene rings is 2. The van der Waals surface area contributed by atoms with Gasteiger partial charge in [0.05, 0.1) is 6.61 Å². The van der Waals surface area contributed by atoms with E-state index in [4.69, 9.17) is 9.47 Å². The van der Waals surface area contributed by atoms with Gasteiger partial charge in [-0.25, -0.2) is 0 Å². The lowest BCUT2D eigenvalue weighted by atomic mass is 10.1. The Labute approximate surface area is 159 Å². The minimum atomic E-state index is -0.203. The third-order valence-corrected chi connectivity index (χ3v) is 3.90. The fourth-order valence-corrected chi connectivity index (χ4v) is 2.59. The number of carbonyl (C=O) groups excluding carboxylic acids is 1. The summed E-state index contributed by atoms with van der Waals surface area (Å²) in [6, 6.07) is 19.0. The van der Waals surface area contributed by atoms with E-state index in [-0.39, 0.29) is 12.5 Å². The van der Waals surface area contributed by atoms with Crippen molar-refractivity contribution in [3.63, 3.8) is 0 Å². The number of hydrogen-bond donors (Lipinski definition) is 1. The van der Waals surface area contributed by atoms with Crippen molar-refractivity contribution in [2.45, 2.75) is 13.3 Å². The van der Waals surface area contributed by atoms with Gasteiger partial charge in [-0.05, 0) is 73.0 Å². The van der Waals surface area contributed by atoms with E-state index in [1.54, 1.807) is 24.5 Å². The summed E-state index contributed by atoms with van der Waals surface area (Å²) in [5, 5.41) is 2.84. The summed E-state index contributed by atoms with van der Waals surface area (Å²) in [5.41, 5.74) is 3.11. The first-order valence-electron chi connectivity index (χ1n) is 8.86. The Morgan fingerprint density at radius 3 is 2.07 bits per heavy atom. The molecule has 0 bridgehead atoms. The highest BCUT2D eigenvalue weighted by Crippen LogP contribution is 2.18. The summed E-state index contributed by atoms with van der Waals surface area (Å²) in [5.74, 6) is 1.20. The second kappa shape index (κ2) is 9.38. The van der Waals surface area contributed by atoms with Crippen molar-refractivity contribution in [1.29, 1.82) is 0 Å². The molecule has 2 aromatic carbocycles. The first-order chi connectivity index (χ1) is 13.2. The van der Waals surface area contributed by atoms with Gasteiger partial charge >= 0.3 is 0 Å². The third-order valence-electron chi connectivity index (χ3n) is 3.90. The molecule has 0 saturated carbocycles. The maximum absolute atomic E-state index is 12.1. The van der Waals surface area contributed by atoms with Crippen LogP contribution in [-0.2, 0) is 11.2 Å². The van der Waals surface area contributed by atoms with E-state index in [0.717, 1.165) is 17.9 Å². The highest BCUT2D eigenvalue weighted by Gasteiger charge is 2.05. The molecule has 5 heteroatoms. The van der Waals surface area contributed by atoms with E-state index in [9.17, 15) is 4.79 Å². The highest BCUT2D eigenvalue weighted by molar-refractivity contribution is 5.91. The van der Waals surface area contributed by atoms with Crippen molar-refractivity contribution in [2.75, 3.05) is 18.5 Å². The molecule has 1 N–H and O–H groups in total. The van der Waals surface area contributed by atoms with Crippen LogP contribution in [0.3, 0.4) is 0 Å². The Bertz CT molecular complexity index is 847. The number of hydrogen-bond acceptors (Lipinski definition) is 4. The molecule has 1 amide bonds. The molecule has 27 heavy (non-hydrogen) atoms. The molecule has 0 spiro atoms. The van der Waals surface area contributed by atoms with Gasteiger partial charge in [-0.1, -0.05) is 12.1 Å². The van der Waals surface area contributed by atoms with Crippen LogP contribution in [0, 0.1) is 0 Å². The molecule has 3 aromatic rings. The number of ether oxygens (including phenoxy) is 2. The van der Waals surface area contributed by atoms with Crippen molar-refractivity contribution in [3.8, 4) is 11.5 Å². The highest BCUT2D eigenvalue weighted by atomic mass is 16.5. The van der Waals surface area contributed by atoms with E-state index < -0.39 is 0 Å². The molecule has 0 unspecified atom stereocenters. The first kappa shape index (κ1) is 18.5. The number of nitrogens with one attached hydrogen (secondary N) is 1. The van der Waals surface area contributed by atoms with Crippen LogP contribution in [0.4, 0.5) is 5.69 Å². The molecule has 0 aliphatic rings. The smallest absolute Gasteiger partial charge is 0.262 e. The molecule has 1 heterocycles. The standard InChI is InChI=1S/C22H22N2O3/c1-2-26-20-7-9-21(10-8-20)27-16-22(25)24-19-5-3-17(4-6-19)15-18-11-13-23-14-12-18/h3-14H,2,15-16H2,1H3,(H,24,25). The van der Waals surface area contributed by atoms with Crippen LogP contribution in [-0.4, -0.2) is 24.1 Å². The Kier molecular flexibility index (Phi) is 6.41. The fraction of sp³-hybridized carbons (Fsp3) is 0.182.